The number of benzene rings is 1. The number of primary amides is 1. The number of imidazole rings is 1. The minimum Gasteiger partial charge on any atom is -0.493 e. The molecule has 2 atom stereocenters. The number of halogens is 1. The molecular weight excluding hydrogens is 549 g/mol. The van der Waals surface area contributed by atoms with E-state index in [0.717, 1.165) is 31.4 Å². The second-order valence-electron chi connectivity index (χ2n) is 12.3. The molecule has 0 radical (unpaired) electrons. The van der Waals surface area contributed by atoms with Gasteiger partial charge in [-0.05, 0) is 69.2 Å². The zero-order chi connectivity index (χ0) is 30.0. The van der Waals surface area contributed by atoms with Crippen molar-refractivity contribution in [2.75, 3.05) is 20.3 Å². The second kappa shape index (κ2) is 10.1. The van der Waals surface area contributed by atoms with E-state index in [1.54, 1.807) is 45.4 Å². The standard InChI is InChI=1S/C33H34FN5O4/c1-17-4-5-20(10-24(17)34)28-29-23(33(2,16-43-29)32(35)41)12-25(37-28)22(18-6-7-18)13-36-31(40)21-11-27(42-3)30-38-26(19-8-9-19)15-39(30)14-21/h4-5,10-12,14-15,18-19,22H,6-9,13,16H2,1-3H3,(H2,35,41)(H,36,40)/t22-,33-/m0/s1. The van der Waals surface area contributed by atoms with E-state index >= 15 is 0 Å². The predicted octanol–water partition coefficient (Wildman–Crippen LogP) is 4.79. The van der Waals surface area contributed by atoms with Crippen molar-refractivity contribution in [1.82, 2.24) is 19.7 Å². The summed E-state index contributed by atoms with van der Waals surface area (Å²) in [6.07, 6.45) is 8.01. The molecule has 0 saturated heterocycles. The van der Waals surface area contributed by atoms with Crippen molar-refractivity contribution in [3.05, 3.63) is 76.6 Å². The van der Waals surface area contributed by atoms with Crippen molar-refractivity contribution in [3.8, 4) is 22.8 Å². The Hall–Kier alpha value is -4.47. The molecule has 3 N–H and O–H groups in total. The summed E-state index contributed by atoms with van der Waals surface area (Å²) in [5.41, 5.74) is 9.87. The van der Waals surface area contributed by atoms with Crippen LogP contribution in [0.5, 0.6) is 11.5 Å². The van der Waals surface area contributed by atoms with Gasteiger partial charge >= 0.3 is 0 Å². The highest BCUT2D eigenvalue weighted by Crippen LogP contribution is 2.48. The van der Waals surface area contributed by atoms with Gasteiger partial charge in [0.25, 0.3) is 5.91 Å². The minimum absolute atomic E-state index is 0.0794. The molecule has 2 aliphatic carbocycles. The highest BCUT2D eigenvalue weighted by molar-refractivity contribution is 5.95. The Kier molecular flexibility index (Phi) is 6.41. The molecule has 10 heteroatoms. The number of fused-ring (bicyclic) bond motifs is 2. The fraction of sp³-hybridized carbons (Fsp3) is 0.394. The molecule has 0 bridgehead atoms. The number of hydrogen-bond donors (Lipinski definition) is 2. The number of nitrogens with two attached hydrogens (primary N) is 1. The van der Waals surface area contributed by atoms with E-state index in [4.69, 9.17) is 25.2 Å². The predicted molar refractivity (Wildman–Crippen MR) is 158 cm³/mol. The van der Waals surface area contributed by atoms with E-state index in [1.165, 1.54) is 6.07 Å². The van der Waals surface area contributed by atoms with Crippen LogP contribution in [-0.4, -0.2) is 46.4 Å². The summed E-state index contributed by atoms with van der Waals surface area (Å²) in [6.45, 7) is 3.87. The van der Waals surface area contributed by atoms with E-state index in [2.05, 4.69) is 5.32 Å². The summed E-state index contributed by atoms with van der Waals surface area (Å²) in [4.78, 5) is 35.8. The molecular formula is C33H34FN5O4. The molecule has 43 heavy (non-hydrogen) atoms. The van der Waals surface area contributed by atoms with Crippen molar-refractivity contribution in [3.63, 3.8) is 0 Å². The molecule has 3 aromatic heterocycles. The zero-order valence-corrected chi connectivity index (χ0v) is 24.4. The van der Waals surface area contributed by atoms with Crippen molar-refractivity contribution < 1.29 is 23.5 Å². The van der Waals surface area contributed by atoms with E-state index in [1.807, 2.05) is 16.7 Å². The zero-order valence-electron chi connectivity index (χ0n) is 24.4. The first-order valence-electron chi connectivity index (χ1n) is 14.8. The lowest BCUT2D eigenvalue weighted by Gasteiger charge is -2.22. The number of pyridine rings is 2. The molecule has 4 aromatic rings. The number of hydrogen-bond acceptors (Lipinski definition) is 6. The van der Waals surface area contributed by atoms with Crippen LogP contribution in [0.15, 0.2) is 42.7 Å². The Labute approximate surface area is 248 Å². The number of rotatable bonds is 9. The Morgan fingerprint density at radius 1 is 1.19 bits per heavy atom. The summed E-state index contributed by atoms with van der Waals surface area (Å²) >= 11 is 0. The first kappa shape index (κ1) is 27.4. The van der Waals surface area contributed by atoms with Gasteiger partial charge in [0.1, 0.15) is 29.3 Å². The van der Waals surface area contributed by atoms with Crippen LogP contribution >= 0.6 is 0 Å². The van der Waals surface area contributed by atoms with Gasteiger partial charge in [-0.2, -0.15) is 0 Å². The Balaban J connectivity index is 1.22. The van der Waals surface area contributed by atoms with Gasteiger partial charge in [0.05, 0.1) is 18.4 Å². The first-order chi connectivity index (χ1) is 20.7. The Bertz CT molecular complexity index is 1790. The van der Waals surface area contributed by atoms with Gasteiger partial charge in [-0.25, -0.2) is 14.4 Å². The SMILES string of the molecule is COc1cc(C(=O)NC[C@H](c2cc3c(c(-c4ccc(C)c(F)c4)n2)OC[C@]3(C)C(N)=O)C2CC2)cn2cc(C3CC3)nc12. The van der Waals surface area contributed by atoms with Crippen molar-refractivity contribution in [1.29, 1.82) is 0 Å². The lowest BCUT2D eigenvalue weighted by atomic mass is 9.82. The summed E-state index contributed by atoms with van der Waals surface area (Å²) in [6, 6.07) is 8.54. The fourth-order valence-electron chi connectivity index (χ4n) is 5.99. The van der Waals surface area contributed by atoms with Crippen LogP contribution in [0.25, 0.3) is 16.9 Å². The van der Waals surface area contributed by atoms with Crippen molar-refractivity contribution in [2.24, 2.45) is 11.7 Å². The Morgan fingerprint density at radius 2 is 1.98 bits per heavy atom. The number of aromatic nitrogens is 3. The largest absolute Gasteiger partial charge is 0.493 e. The number of amides is 2. The number of ether oxygens (including phenoxy) is 2. The van der Waals surface area contributed by atoms with Gasteiger partial charge in [-0.15, -0.1) is 0 Å². The third-order valence-electron chi connectivity index (χ3n) is 9.15. The summed E-state index contributed by atoms with van der Waals surface area (Å²) in [7, 11) is 1.58. The van der Waals surface area contributed by atoms with E-state index in [0.29, 0.717) is 69.2 Å². The quantitative estimate of drug-likeness (QED) is 0.292. The third kappa shape index (κ3) is 4.78. The van der Waals surface area contributed by atoms with Crippen LogP contribution in [0.3, 0.4) is 0 Å². The van der Waals surface area contributed by atoms with Gasteiger partial charge in [-0.3, -0.25) is 9.59 Å². The number of carbonyl (C=O) groups excluding carboxylic acids is 2. The third-order valence-corrected chi connectivity index (χ3v) is 9.15. The van der Waals surface area contributed by atoms with Gasteiger partial charge < -0.3 is 24.9 Å². The van der Waals surface area contributed by atoms with Crippen molar-refractivity contribution in [2.45, 2.75) is 56.8 Å². The van der Waals surface area contributed by atoms with E-state index in [-0.39, 0.29) is 24.2 Å². The minimum atomic E-state index is -1.06. The smallest absolute Gasteiger partial charge is 0.252 e. The number of carbonyl (C=O) groups is 2. The monoisotopic (exact) mass is 583 g/mol. The van der Waals surface area contributed by atoms with Crippen LogP contribution in [0, 0.1) is 18.7 Å². The molecule has 2 fully saturated rings. The molecule has 2 saturated carbocycles. The molecule has 1 aromatic carbocycles. The summed E-state index contributed by atoms with van der Waals surface area (Å²) in [5.74, 6) is 0.550. The van der Waals surface area contributed by atoms with Crippen LogP contribution in [0.2, 0.25) is 0 Å². The average Bonchev–Trinajstić information content (AvgIpc) is 3.94. The van der Waals surface area contributed by atoms with Crippen molar-refractivity contribution >= 4 is 17.5 Å². The molecule has 2 amide bonds. The Morgan fingerprint density at radius 3 is 2.65 bits per heavy atom. The number of aryl methyl sites for hydroxylation is 1. The maximum absolute atomic E-state index is 14.7. The molecule has 0 spiro atoms. The van der Waals surface area contributed by atoms with Crippen LogP contribution in [0.4, 0.5) is 4.39 Å². The molecule has 9 nitrogen and oxygen atoms in total. The van der Waals surface area contributed by atoms with Gasteiger partial charge in [0.15, 0.2) is 11.4 Å². The topological polar surface area (TPSA) is 121 Å². The summed E-state index contributed by atoms with van der Waals surface area (Å²) in [5, 5.41) is 3.11. The highest BCUT2D eigenvalue weighted by atomic mass is 19.1. The maximum atomic E-state index is 14.7. The van der Waals surface area contributed by atoms with E-state index in [9.17, 15) is 14.0 Å². The second-order valence-corrected chi connectivity index (χ2v) is 12.3. The maximum Gasteiger partial charge on any atom is 0.252 e. The molecule has 7 rings (SSSR count). The number of methoxy groups -OCH3 is 1. The average molecular weight is 584 g/mol. The molecule has 3 aliphatic rings. The number of nitrogens with zero attached hydrogens (tertiary/aromatic N) is 3. The molecule has 222 valence electrons. The fourth-order valence-corrected chi connectivity index (χ4v) is 5.99. The normalized spacial score (nSPS) is 20.0. The molecule has 1 aliphatic heterocycles. The first-order valence-corrected chi connectivity index (χ1v) is 14.8. The lowest BCUT2D eigenvalue weighted by Crippen LogP contribution is -2.40. The molecule has 0 unspecified atom stereocenters. The highest BCUT2D eigenvalue weighted by Gasteiger charge is 2.45. The van der Waals surface area contributed by atoms with E-state index < -0.39 is 11.3 Å². The lowest BCUT2D eigenvalue weighted by molar-refractivity contribution is -0.123. The molecule has 4 heterocycles. The van der Waals surface area contributed by atoms with Gasteiger partial charge in [0.2, 0.25) is 5.91 Å². The number of nitrogens with one attached hydrogen (secondary N) is 1. The van der Waals surface area contributed by atoms with Crippen LogP contribution in [0.1, 0.15) is 77.3 Å². The van der Waals surface area contributed by atoms with Crippen LogP contribution in [-0.2, 0) is 10.2 Å². The van der Waals surface area contributed by atoms with Gasteiger partial charge in [-0.1, -0.05) is 12.1 Å². The van der Waals surface area contributed by atoms with Crippen LogP contribution < -0.4 is 20.5 Å². The summed E-state index contributed by atoms with van der Waals surface area (Å²) < 4.78 is 28.1. The van der Waals surface area contributed by atoms with Gasteiger partial charge in [0, 0.05) is 47.6 Å².